The van der Waals surface area contributed by atoms with Gasteiger partial charge in [0, 0.05) is 12.4 Å². The molecule has 0 aliphatic carbocycles. The van der Waals surface area contributed by atoms with E-state index in [-0.39, 0.29) is 13.2 Å². The maximum Gasteiger partial charge on any atom is 0.472 e. The Morgan fingerprint density at radius 1 is 1.26 bits per heavy atom. The summed E-state index contributed by atoms with van der Waals surface area (Å²) in [5.74, 6) is 0.968. The highest BCUT2D eigenvalue weighted by atomic mass is 31.2. The molecule has 0 amide bonds. The molecule has 1 aromatic rings. The van der Waals surface area contributed by atoms with Gasteiger partial charge in [-0.2, -0.15) is 0 Å². The number of phosphoric acid groups is 1. The van der Waals surface area contributed by atoms with Crippen molar-refractivity contribution in [3.8, 4) is 0 Å². The topological polar surface area (TPSA) is 84.4 Å². The van der Waals surface area contributed by atoms with Gasteiger partial charge in [0.05, 0.1) is 13.2 Å². The summed E-state index contributed by atoms with van der Waals surface area (Å²) in [6, 6.07) is 0. The van der Waals surface area contributed by atoms with Crippen molar-refractivity contribution in [1.29, 1.82) is 0 Å². The first kappa shape index (κ1) is 18.3. The van der Waals surface area contributed by atoms with Gasteiger partial charge in [0.15, 0.2) is 0 Å². The van der Waals surface area contributed by atoms with Crippen LogP contribution < -0.4 is 0 Å². The Morgan fingerprint density at radius 3 is 2.05 bits per heavy atom. The quantitative estimate of drug-likeness (QED) is 0.566. The Morgan fingerprint density at radius 2 is 1.79 bits per heavy atom. The molecule has 0 saturated carbocycles. The third-order valence-corrected chi connectivity index (χ3v) is 3.16. The standard InChI is InChI=1S/C8H19O4P.C4H6N2/c1-3-5-7-11-13(9,10)12-8-6-4-2;1-4-5-2-3-6-4/h3-8H2,1-2H3,(H,9,10);2-3H,1H3,(H,5,6). The Balaban J connectivity index is 0.000000443. The van der Waals surface area contributed by atoms with Gasteiger partial charge in [0.25, 0.3) is 0 Å². The summed E-state index contributed by atoms with van der Waals surface area (Å²) in [5, 5.41) is 0. The van der Waals surface area contributed by atoms with E-state index in [0.29, 0.717) is 0 Å². The van der Waals surface area contributed by atoms with E-state index in [9.17, 15) is 4.57 Å². The molecular weight excluding hydrogens is 267 g/mol. The molecule has 112 valence electrons. The van der Waals surface area contributed by atoms with E-state index in [2.05, 4.69) is 9.97 Å². The fraction of sp³-hybridized carbons (Fsp3) is 0.750. The van der Waals surface area contributed by atoms with Gasteiger partial charge in [-0.25, -0.2) is 9.55 Å². The first-order valence-corrected chi connectivity index (χ1v) is 8.09. The van der Waals surface area contributed by atoms with Crippen LogP contribution >= 0.6 is 7.82 Å². The lowest BCUT2D eigenvalue weighted by molar-refractivity contribution is 0.146. The lowest BCUT2D eigenvalue weighted by Crippen LogP contribution is -1.98. The molecule has 0 aliphatic heterocycles. The predicted octanol–water partition coefficient (Wildman–Crippen LogP) is 3.44. The fourth-order valence-electron chi connectivity index (χ4n) is 1.03. The van der Waals surface area contributed by atoms with Crippen LogP contribution in [0.2, 0.25) is 0 Å². The van der Waals surface area contributed by atoms with Crippen LogP contribution in [0.3, 0.4) is 0 Å². The molecule has 19 heavy (non-hydrogen) atoms. The van der Waals surface area contributed by atoms with E-state index in [1.54, 1.807) is 12.4 Å². The summed E-state index contributed by atoms with van der Waals surface area (Å²) in [7, 11) is -3.75. The summed E-state index contributed by atoms with van der Waals surface area (Å²) in [5.41, 5.74) is 0. The monoisotopic (exact) mass is 292 g/mol. The molecule has 0 aliphatic rings. The maximum atomic E-state index is 11.1. The number of aromatic amines is 1. The minimum Gasteiger partial charge on any atom is -0.349 e. The van der Waals surface area contributed by atoms with Crippen LogP contribution in [0.1, 0.15) is 45.4 Å². The van der Waals surface area contributed by atoms with E-state index in [1.807, 2.05) is 20.8 Å². The number of H-pyrrole nitrogens is 1. The smallest absolute Gasteiger partial charge is 0.349 e. The average Bonchev–Trinajstić information content (AvgIpc) is 2.81. The van der Waals surface area contributed by atoms with Crippen LogP contribution in [0.5, 0.6) is 0 Å². The molecule has 1 heterocycles. The van der Waals surface area contributed by atoms with Crippen molar-refractivity contribution in [2.75, 3.05) is 13.2 Å². The van der Waals surface area contributed by atoms with Crippen LogP contribution in [0.25, 0.3) is 0 Å². The zero-order valence-electron chi connectivity index (χ0n) is 12.0. The first-order chi connectivity index (χ1) is 9.02. The summed E-state index contributed by atoms with van der Waals surface area (Å²) in [6.45, 7) is 6.47. The third kappa shape index (κ3) is 12.1. The Bertz CT molecular complexity index is 330. The second-order valence-corrected chi connectivity index (χ2v) is 5.47. The number of hydrogen-bond donors (Lipinski definition) is 2. The summed E-state index contributed by atoms with van der Waals surface area (Å²) >= 11 is 0. The number of aromatic nitrogens is 2. The highest BCUT2D eigenvalue weighted by Gasteiger charge is 2.19. The maximum absolute atomic E-state index is 11.1. The zero-order chi connectivity index (χ0) is 14.6. The van der Waals surface area contributed by atoms with Crippen molar-refractivity contribution in [2.45, 2.75) is 46.5 Å². The van der Waals surface area contributed by atoms with Crippen molar-refractivity contribution < 1.29 is 18.5 Å². The lowest BCUT2D eigenvalue weighted by Gasteiger charge is -2.10. The highest BCUT2D eigenvalue weighted by molar-refractivity contribution is 7.47. The Labute approximate surface area is 115 Å². The fourth-order valence-corrected chi connectivity index (χ4v) is 1.82. The molecule has 0 bridgehead atoms. The first-order valence-electron chi connectivity index (χ1n) is 6.59. The van der Waals surface area contributed by atoms with Crippen molar-refractivity contribution in [3.05, 3.63) is 18.2 Å². The number of rotatable bonds is 8. The molecule has 6 nitrogen and oxygen atoms in total. The van der Waals surface area contributed by atoms with E-state index in [4.69, 9.17) is 13.9 Å². The number of hydrogen-bond acceptors (Lipinski definition) is 4. The number of nitrogens with zero attached hydrogens (tertiary/aromatic N) is 1. The molecule has 0 saturated heterocycles. The molecule has 0 spiro atoms. The summed E-state index contributed by atoms with van der Waals surface area (Å²) < 4.78 is 20.5. The predicted molar refractivity (Wildman–Crippen MR) is 74.9 cm³/mol. The van der Waals surface area contributed by atoms with Crippen molar-refractivity contribution in [2.24, 2.45) is 0 Å². The van der Waals surface area contributed by atoms with Gasteiger partial charge >= 0.3 is 7.82 Å². The molecule has 7 heteroatoms. The van der Waals surface area contributed by atoms with Gasteiger partial charge in [-0.05, 0) is 19.8 Å². The third-order valence-electron chi connectivity index (χ3n) is 2.14. The van der Waals surface area contributed by atoms with E-state index in [1.165, 1.54) is 0 Å². The van der Waals surface area contributed by atoms with Gasteiger partial charge < -0.3 is 9.88 Å². The van der Waals surface area contributed by atoms with E-state index in [0.717, 1.165) is 31.5 Å². The van der Waals surface area contributed by atoms with Crippen LogP contribution in [0.15, 0.2) is 12.4 Å². The molecule has 0 fully saturated rings. The Kier molecular flexibility index (Phi) is 10.8. The van der Waals surface area contributed by atoms with Crippen LogP contribution in [0.4, 0.5) is 0 Å². The SMILES string of the molecule is CCCCOP(=O)(O)OCCCC.Cc1ncc[nH]1. The zero-order valence-corrected chi connectivity index (χ0v) is 12.9. The molecule has 1 rings (SSSR count). The number of unbranched alkanes of at least 4 members (excludes halogenated alkanes) is 2. The number of phosphoric ester groups is 1. The van der Waals surface area contributed by atoms with Crippen LogP contribution in [-0.2, 0) is 13.6 Å². The lowest BCUT2D eigenvalue weighted by atomic mass is 10.4. The highest BCUT2D eigenvalue weighted by Crippen LogP contribution is 2.43. The van der Waals surface area contributed by atoms with Crippen molar-refractivity contribution >= 4 is 7.82 Å². The minimum absolute atomic E-state index is 0.288. The normalized spacial score (nSPS) is 10.9. The molecule has 0 radical (unpaired) electrons. The van der Waals surface area contributed by atoms with Crippen LogP contribution in [-0.4, -0.2) is 28.1 Å². The van der Waals surface area contributed by atoms with Gasteiger partial charge in [-0.15, -0.1) is 0 Å². The number of nitrogens with one attached hydrogen (secondary N) is 1. The number of aryl methyl sites for hydroxylation is 1. The largest absolute Gasteiger partial charge is 0.472 e. The molecule has 0 atom stereocenters. The second-order valence-electron chi connectivity index (χ2n) is 4.02. The average molecular weight is 292 g/mol. The molecule has 2 N–H and O–H groups in total. The van der Waals surface area contributed by atoms with Gasteiger partial charge in [-0.3, -0.25) is 9.05 Å². The van der Waals surface area contributed by atoms with Crippen molar-refractivity contribution in [1.82, 2.24) is 9.97 Å². The van der Waals surface area contributed by atoms with Gasteiger partial charge in [-0.1, -0.05) is 26.7 Å². The molecule has 0 unspecified atom stereocenters. The number of imidazole rings is 1. The summed E-state index contributed by atoms with van der Waals surface area (Å²) in [6.07, 6.45) is 6.97. The molecular formula is C12H25N2O4P. The van der Waals surface area contributed by atoms with Crippen LogP contribution in [0, 0.1) is 6.92 Å². The second kappa shape index (κ2) is 11.2. The van der Waals surface area contributed by atoms with Gasteiger partial charge in [0.1, 0.15) is 5.82 Å². The minimum atomic E-state index is -3.75. The summed E-state index contributed by atoms with van der Waals surface area (Å²) in [4.78, 5) is 15.8. The Hall–Kier alpha value is -0.680. The van der Waals surface area contributed by atoms with Crippen molar-refractivity contribution in [3.63, 3.8) is 0 Å². The molecule has 1 aromatic heterocycles. The molecule has 0 aromatic carbocycles. The van der Waals surface area contributed by atoms with E-state index < -0.39 is 7.82 Å². The van der Waals surface area contributed by atoms with Gasteiger partial charge in [0.2, 0.25) is 0 Å². The van der Waals surface area contributed by atoms with E-state index >= 15 is 0 Å².